The van der Waals surface area contributed by atoms with Crippen LogP contribution in [0.1, 0.15) is 31.2 Å². The van der Waals surface area contributed by atoms with Crippen molar-refractivity contribution in [3.05, 3.63) is 54.1 Å². The van der Waals surface area contributed by atoms with E-state index in [0.29, 0.717) is 17.0 Å². The number of sulfonamides is 1. The lowest BCUT2D eigenvalue weighted by Crippen LogP contribution is -2.43. The van der Waals surface area contributed by atoms with Gasteiger partial charge in [0, 0.05) is 6.04 Å². The smallest absolute Gasteiger partial charge is 0.264 e. The van der Waals surface area contributed by atoms with Crippen LogP contribution in [-0.4, -0.2) is 34.0 Å². The molecule has 2 aromatic rings. The van der Waals surface area contributed by atoms with E-state index in [1.165, 1.54) is 10.4 Å². The van der Waals surface area contributed by atoms with E-state index in [1.54, 1.807) is 50.4 Å². The Kier molecular flexibility index (Phi) is 6.24. The Hall–Kier alpha value is -2.54. The van der Waals surface area contributed by atoms with Gasteiger partial charge in [0.25, 0.3) is 10.0 Å². The van der Waals surface area contributed by atoms with Crippen LogP contribution in [0.15, 0.2) is 53.4 Å². The second kappa shape index (κ2) is 8.65. The van der Waals surface area contributed by atoms with Crippen molar-refractivity contribution in [2.45, 2.75) is 43.5 Å². The molecule has 0 aromatic heterocycles. The van der Waals surface area contributed by atoms with Crippen molar-refractivity contribution in [2.24, 2.45) is 0 Å². The number of ether oxygens (including phenoxy) is 1. The van der Waals surface area contributed by atoms with Crippen LogP contribution in [0.5, 0.6) is 5.75 Å². The first-order valence-corrected chi connectivity index (χ1v) is 10.9. The minimum Gasteiger partial charge on any atom is -0.496 e. The van der Waals surface area contributed by atoms with Gasteiger partial charge in [-0.1, -0.05) is 31.0 Å². The number of rotatable bonds is 7. The van der Waals surface area contributed by atoms with E-state index < -0.39 is 10.0 Å². The molecule has 1 saturated carbocycles. The predicted octanol–water partition coefficient (Wildman–Crippen LogP) is 3.26. The molecule has 0 unspecified atom stereocenters. The monoisotopic (exact) mass is 402 g/mol. The molecule has 0 bridgehead atoms. The first-order valence-electron chi connectivity index (χ1n) is 9.43. The van der Waals surface area contributed by atoms with Crippen LogP contribution >= 0.6 is 0 Å². The van der Waals surface area contributed by atoms with Crippen LogP contribution in [0.3, 0.4) is 0 Å². The van der Waals surface area contributed by atoms with Gasteiger partial charge in [0.05, 0.1) is 17.7 Å². The molecule has 0 saturated heterocycles. The number of anilines is 1. The lowest BCUT2D eigenvalue weighted by molar-refractivity contribution is -0.120. The molecule has 1 N–H and O–H groups in total. The lowest BCUT2D eigenvalue weighted by Gasteiger charge is -2.25. The summed E-state index contributed by atoms with van der Waals surface area (Å²) in [6.45, 7) is 1.53. The highest BCUT2D eigenvalue weighted by atomic mass is 32.2. The Morgan fingerprint density at radius 3 is 2.43 bits per heavy atom. The highest BCUT2D eigenvalue weighted by Crippen LogP contribution is 2.27. The van der Waals surface area contributed by atoms with E-state index in [2.05, 4.69) is 5.32 Å². The largest absolute Gasteiger partial charge is 0.496 e. The molecule has 1 aliphatic rings. The van der Waals surface area contributed by atoms with Gasteiger partial charge >= 0.3 is 0 Å². The maximum absolute atomic E-state index is 13.4. The summed E-state index contributed by atoms with van der Waals surface area (Å²) in [4.78, 5) is 12.7. The van der Waals surface area contributed by atoms with E-state index in [9.17, 15) is 13.2 Å². The number of para-hydroxylation sites is 1. The summed E-state index contributed by atoms with van der Waals surface area (Å²) in [5.41, 5.74) is 1.17. The Bertz CT molecular complexity index is 923. The molecule has 1 aliphatic carbocycles. The third-order valence-electron chi connectivity index (χ3n) is 5.01. The van der Waals surface area contributed by atoms with Gasteiger partial charge in [-0.05, 0) is 55.7 Å². The Labute approximate surface area is 166 Å². The van der Waals surface area contributed by atoms with Crippen LogP contribution < -0.4 is 14.4 Å². The van der Waals surface area contributed by atoms with Crippen LogP contribution in [-0.2, 0) is 14.8 Å². The summed E-state index contributed by atoms with van der Waals surface area (Å²) in [5.74, 6) is 0.328. The normalized spacial score (nSPS) is 14.6. The van der Waals surface area contributed by atoms with Crippen molar-refractivity contribution in [2.75, 3.05) is 18.0 Å². The van der Waals surface area contributed by atoms with Gasteiger partial charge in [-0.2, -0.15) is 0 Å². The van der Waals surface area contributed by atoms with Gasteiger partial charge in [0.1, 0.15) is 12.3 Å². The molecule has 150 valence electrons. The SMILES string of the molecule is COc1ccc(S(=O)(=O)N(CC(=O)NC2CCCC2)c2ccccc2)cc1C. The number of hydrogen-bond donors (Lipinski definition) is 1. The van der Waals surface area contributed by atoms with Crippen LogP contribution in [0, 0.1) is 6.92 Å². The van der Waals surface area contributed by atoms with E-state index in [4.69, 9.17) is 4.74 Å². The third kappa shape index (κ3) is 4.47. The highest BCUT2D eigenvalue weighted by Gasteiger charge is 2.28. The number of hydrogen-bond acceptors (Lipinski definition) is 4. The van der Waals surface area contributed by atoms with Gasteiger partial charge in [-0.15, -0.1) is 0 Å². The minimum atomic E-state index is -3.91. The number of benzene rings is 2. The second-order valence-electron chi connectivity index (χ2n) is 7.03. The molecule has 0 atom stereocenters. The molecule has 0 heterocycles. The topological polar surface area (TPSA) is 75.7 Å². The maximum Gasteiger partial charge on any atom is 0.264 e. The third-order valence-corrected chi connectivity index (χ3v) is 6.78. The number of carbonyl (C=O) groups is 1. The molecule has 0 radical (unpaired) electrons. The first kappa shape index (κ1) is 20.2. The summed E-state index contributed by atoms with van der Waals surface area (Å²) in [7, 11) is -2.37. The van der Waals surface area contributed by atoms with Crippen LogP contribution in [0.4, 0.5) is 5.69 Å². The Morgan fingerprint density at radius 2 is 1.82 bits per heavy atom. The summed E-state index contributed by atoms with van der Waals surface area (Å²) < 4.78 is 33.1. The van der Waals surface area contributed by atoms with Crippen molar-refractivity contribution in [3.63, 3.8) is 0 Å². The predicted molar refractivity (Wildman–Crippen MR) is 109 cm³/mol. The number of nitrogens with zero attached hydrogens (tertiary/aromatic N) is 1. The highest BCUT2D eigenvalue weighted by molar-refractivity contribution is 7.92. The quantitative estimate of drug-likeness (QED) is 0.771. The second-order valence-corrected chi connectivity index (χ2v) is 8.89. The summed E-state index contributed by atoms with van der Waals surface area (Å²) >= 11 is 0. The number of nitrogens with one attached hydrogen (secondary N) is 1. The Morgan fingerprint density at radius 1 is 1.14 bits per heavy atom. The molecule has 1 fully saturated rings. The van der Waals surface area contributed by atoms with Crippen molar-refractivity contribution in [3.8, 4) is 5.75 Å². The number of methoxy groups -OCH3 is 1. The van der Waals surface area contributed by atoms with Crippen molar-refractivity contribution in [1.29, 1.82) is 0 Å². The summed E-state index contributed by atoms with van der Waals surface area (Å²) in [6, 6.07) is 13.5. The standard InChI is InChI=1S/C21H26N2O4S/c1-16-14-19(12-13-20(16)27-2)28(25,26)23(18-10-4-3-5-11-18)15-21(24)22-17-8-6-7-9-17/h3-5,10-14,17H,6-9,15H2,1-2H3,(H,22,24). The number of amides is 1. The average molecular weight is 403 g/mol. The zero-order valence-corrected chi connectivity index (χ0v) is 17.0. The maximum atomic E-state index is 13.4. The summed E-state index contributed by atoms with van der Waals surface area (Å²) in [6.07, 6.45) is 4.08. The molecule has 28 heavy (non-hydrogen) atoms. The van der Waals surface area contributed by atoms with Crippen LogP contribution in [0.2, 0.25) is 0 Å². The van der Waals surface area contributed by atoms with Gasteiger partial charge in [-0.25, -0.2) is 8.42 Å². The Balaban J connectivity index is 1.91. The fraction of sp³-hybridized carbons (Fsp3) is 0.381. The van der Waals surface area contributed by atoms with E-state index >= 15 is 0 Å². The number of carbonyl (C=O) groups excluding carboxylic acids is 1. The molecule has 7 heteroatoms. The van der Waals surface area contributed by atoms with Gasteiger partial charge in [-0.3, -0.25) is 9.10 Å². The van der Waals surface area contributed by atoms with Crippen molar-refractivity contribution < 1.29 is 17.9 Å². The molecule has 3 rings (SSSR count). The first-order chi connectivity index (χ1) is 13.4. The van der Waals surface area contributed by atoms with Crippen molar-refractivity contribution in [1.82, 2.24) is 5.32 Å². The molecule has 2 aromatic carbocycles. The van der Waals surface area contributed by atoms with Gasteiger partial charge in [0.2, 0.25) is 5.91 Å². The van der Waals surface area contributed by atoms with Crippen molar-refractivity contribution >= 4 is 21.6 Å². The molecule has 6 nitrogen and oxygen atoms in total. The van der Waals surface area contributed by atoms with E-state index in [0.717, 1.165) is 25.7 Å². The van der Waals surface area contributed by atoms with E-state index in [1.807, 2.05) is 6.07 Å². The zero-order chi connectivity index (χ0) is 20.1. The van der Waals surface area contributed by atoms with Gasteiger partial charge in [0.15, 0.2) is 0 Å². The summed E-state index contributed by atoms with van der Waals surface area (Å²) in [5, 5.41) is 2.97. The van der Waals surface area contributed by atoms with Gasteiger partial charge < -0.3 is 10.1 Å². The fourth-order valence-corrected chi connectivity index (χ4v) is 5.03. The zero-order valence-electron chi connectivity index (χ0n) is 16.2. The average Bonchev–Trinajstić information content (AvgIpc) is 3.19. The fourth-order valence-electron chi connectivity index (χ4n) is 3.52. The molecule has 1 amide bonds. The van der Waals surface area contributed by atoms with Crippen LogP contribution in [0.25, 0.3) is 0 Å². The molecular weight excluding hydrogens is 376 g/mol. The van der Waals surface area contributed by atoms with E-state index in [-0.39, 0.29) is 23.4 Å². The lowest BCUT2D eigenvalue weighted by atomic mass is 10.2. The molecular formula is C21H26N2O4S. The number of aryl methyl sites for hydroxylation is 1. The molecule has 0 aliphatic heterocycles. The minimum absolute atomic E-state index is 0.128. The molecule has 0 spiro atoms.